The average Bonchev–Trinajstić information content (AvgIpc) is 2.93. The van der Waals surface area contributed by atoms with E-state index in [1.54, 1.807) is 4.57 Å². The first-order valence-corrected chi connectivity index (χ1v) is 6.90. The fourth-order valence-electron chi connectivity index (χ4n) is 2.21. The Bertz CT molecular complexity index is 634. The summed E-state index contributed by atoms with van der Waals surface area (Å²) in [5.41, 5.74) is 6.78. The zero-order valence-electron chi connectivity index (χ0n) is 9.75. The number of aliphatic hydroxyl groups excluding tert-OH is 1. The standard InChI is InChI=1S/C10H11BrClN5O2/c11-9-14-6-7(13)15-10(12)16-8(6)17(9)5-2-1-4(3-18)19-5/h4-5,18H,1-3H2,(H2,13,15,16). The molecule has 1 saturated heterocycles. The Morgan fingerprint density at radius 1 is 1.42 bits per heavy atom. The fourth-order valence-corrected chi connectivity index (χ4v) is 2.95. The maximum atomic E-state index is 9.12. The molecule has 2 atom stereocenters. The minimum atomic E-state index is -0.248. The van der Waals surface area contributed by atoms with E-state index in [0.717, 1.165) is 12.8 Å². The van der Waals surface area contributed by atoms with Gasteiger partial charge in [0.15, 0.2) is 21.7 Å². The molecular formula is C10H11BrClN5O2. The Hall–Kier alpha value is -0.960. The number of halogens is 2. The molecule has 0 amide bonds. The molecule has 0 spiro atoms. The molecule has 2 aromatic heterocycles. The van der Waals surface area contributed by atoms with E-state index in [-0.39, 0.29) is 30.0 Å². The third kappa shape index (κ3) is 2.18. The number of anilines is 1. The zero-order valence-corrected chi connectivity index (χ0v) is 12.1. The van der Waals surface area contributed by atoms with Gasteiger partial charge >= 0.3 is 0 Å². The monoisotopic (exact) mass is 347 g/mol. The average molecular weight is 349 g/mol. The van der Waals surface area contributed by atoms with Gasteiger partial charge in [0.25, 0.3) is 0 Å². The summed E-state index contributed by atoms with van der Waals surface area (Å²) in [5, 5.41) is 9.19. The van der Waals surface area contributed by atoms with E-state index in [9.17, 15) is 0 Å². The smallest absolute Gasteiger partial charge is 0.226 e. The van der Waals surface area contributed by atoms with Gasteiger partial charge < -0.3 is 15.6 Å². The highest BCUT2D eigenvalue weighted by atomic mass is 79.9. The van der Waals surface area contributed by atoms with Crippen molar-refractivity contribution in [2.24, 2.45) is 0 Å². The highest BCUT2D eigenvalue weighted by molar-refractivity contribution is 9.10. The first kappa shape index (κ1) is 13.0. The van der Waals surface area contributed by atoms with Crippen LogP contribution in [0.3, 0.4) is 0 Å². The lowest BCUT2D eigenvalue weighted by atomic mass is 10.2. The summed E-state index contributed by atoms with van der Waals surface area (Å²) < 4.78 is 8.05. The van der Waals surface area contributed by atoms with Crippen LogP contribution in [-0.2, 0) is 4.74 Å². The van der Waals surface area contributed by atoms with Crippen LogP contribution < -0.4 is 5.73 Å². The second-order valence-corrected chi connectivity index (χ2v) is 5.32. The molecule has 0 radical (unpaired) electrons. The zero-order chi connectivity index (χ0) is 13.6. The van der Waals surface area contributed by atoms with Crippen LogP contribution in [0.25, 0.3) is 11.2 Å². The fraction of sp³-hybridized carbons (Fsp3) is 0.500. The minimum Gasteiger partial charge on any atom is -0.394 e. The van der Waals surface area contributed by atoms with E-state index in [4.69, 9.17) is 27.2 Å². The first-order chi connectivity index (χ1) is 9.10. The Morgan fingerprint density at radius 3 is 2.89 bits per heavy atom. The molecule has 2 unspecified atom stereocenters. The molecule has 0 aliphatic carbocycles. The van der Waals surface area contributed by atoms with Crippen molar-refractivity contribution in [3.8, 4) is 0 Å². The number of nitrogens with two attached hydrogens (primary N) is 1. The molecule has 0 aromatic carbocycles. The predicted molar refractivity (Wildman–Crippen MR) is 72.7 cm³/mol. The van der Waals surface area contributed by atoms with Gasteiger partial charge in [0, 0.05) is 0 Å². The van der Waals surface area contributed by atoms with Crippen LogP contribution in [0.1, 0.15) is 19.1 Å². The molecule has 3 rings (SSSR count). The lowest BCUT2D eigenvalue weighted by molar-refractivity contribution is -0.0217. The van der Waals surface area contributed by atoms with Crippen molar-refractivity contribution >= 4 is 44.5 Å². The highest BCUT2D eigenvalue weighted by Crippen LogP contribution is 2.34. The molecule has 1 aliphatic rings. The van der Waals surface area contributed by atoms with Gasteiger partial charge in [-0.25, -0.2) is 4.98 Å². The molecule has 7 nitrogen and oxygen atoms in total. The van der Waals surface area contributed by atoms with Crippen molar-refractivity contribution in [3.05, 3.63) is 10.0 Å². The van der Waals surface area contributed by atoms with E-state index >= 15 is 0 Å². The first-order valence-electron chi connectivity index (χ1n) is 5.73. The second-order valence-electron chi connectivity index (χ2n) is 4.27. The maximum Gasteiger partial charge on any atom is 0.226 e. The largest absolute Gasteiger partial charge is 0.394 e. The van der Waals surface area contributed by atoms with Gasteiger partial charge in [0.2, 0.25) is 5.28 Å². The molecule has 3 heterocycles. The number of hydrogen-bond donors (Lipinski definition) is 2. The number of aliphatic hydroxyl groups is 1. The molecule has 102 valence electrons. The van der Waals surface area contributed by atoms with E-state index in [0.29, 0.717) is 15.9 Å². The SMILES string of the molecule is Nc1nc(Cl)nc2c1nc(Br)n2C1CCC(CO)O1. The Kier molecular flexibility index (Phi) is 3.34. The lowest BCUT2D eigenvalue weighted by Crippen LogP contribution is -2.15. The van der Waals surface area contributed by atoms with Gasteiger partial charge in [-0.1, -0.05) is 0 Å². The van der Waals surface area contributed by atoms with Gasteiger partial charge in [-0.15, -0.1) is 0 Å². The summed E-state index contributed by atoms with van der Waals surface area (Å²) in [6.07, 6.45) is 1.13. The quantitative estimate of drug-likeness (QED) is 0.630. The Balaban J connectivity index is 2.11. The van der Waals surface area contributed by atoms with Crippen molar-refractivity contribution < 1.29 is 9.84 Å². The van der Waals surface area contributed by atoms with Crippen LogP contribution in [0.5, 0.6) is 0 Å². The molecule has 0 saturated carbocycles. The molecule has 19 heavy (non-hydrogen) atoms. The number of imidazole rings is 1. The van der Waals surface area contributed by atoms with Crippen molar-refractivity contribution in [2.75, 3.05) is 12.3 Å². The van der Waals surface area contributed by atoms with Crippen LogP contribution in [0.15, 0.2) is 4.73 Å². The molecule has 0 bridgehead atoms. The van der Waals surface area contributed by atoms with Gasteiger partial charge in [0.05, 0.1) is 12.7 Å². The van der Waals surface area contributed by atoms with Gasteiger partial charge in [-0.05, 0) is 40.4 Å². The van der Waals surface area contributed by atoms with E-state index < -0.39 is 0 Å². The molecule has 3 N–H and O–H groups in total. The third-order valence-electron chi connectivity index (χ3n) is 3.07. The summed E-state index contributed by atoms with van der Waals surface area (Å²) in [6, 6.07) is 0. The van der Waals surface area contributed by atoms with Crippen LogP contribution in [0, 0.1) is 0 Å². The van der Waals surface area contributed by atoms with Gasteiger partial charge in [0.1, 0.15) is 6.23 Å². The van der Waals surface area contributed by atoms with Crippen molar-refractivity contribution in [1.82, 2.24) is 19.5 Å². The summed E-state index contributed by atoms with van der Waals surface area (Å²) in [7, 11) is 0. The topological polar surface area (TPSA) is 99.1 Å². The second kappa shape index (κ2) is 4.86. The molecule has 9 heteroatoms. The third-order valence-corrected chi connectivity index (χ3v) is 3.80. The number of rotatable bonds is 2. The minimum absolute atomic E-state index is 0.00136. The summed E-state index contributed by atoms with van der Waals surface area (Å²) in [5.74, 6) is 0.228. The molecule has 2 aromatic rings. The number of ether oxygens (including phenoxy) is 1. The Labute approximate surface area is 121 Å². The normalized spacial score (nSPS) is 23.3. The van der Waals surface area contributed by atoms with Crippen molar-refractivity contribution in [2.45, 2.75) is 25.2 Å². The number of nitrogen functional groups attached to an aromatic ring is 1. The van der Waals surface area contributed by atoms with Crippen molar-refractivity contribution in [3.63, 3.8) is 0 Å². The lowest BCUT2D eigenvalue weighted by Gasteiger charge is -2.15. The van der Waals surface area contributed by atoms with E-state index in [1.807, 2.05) is 0 Å². The van der Waals surface area contributed by atoms with E-state index in [1.165, 1.54) is 0 Å². The molecule has 1 fully saturated rings. The summed E-state index contributed by atoms with van der Waals surface area (Å²) >= 11 is 9.19. The number of hydrogen-bond acceptors (Lipinski definition) is 6. The van der Waals surface area contributed by atoms with Crippen LogP contribution in [0.4, 0.5) is 5.82 Å². The number of aromatic nitrogens is 4. The number of nitrogens with zero attached hydrogens (tertiary/aromatic N) is 4. The van der Waals surface area contributed by atoms with E-state index in [2.05, 4.69) is 30.9 Å². The molecular weight excluding hydrogens is 338 g/mol. The molecule has 1 aliphatic heterocycles. The summed E-state index contributed by atoms with van der Waals surface area (Å²) in [6.45, 7) is -0.00136. The highest BCUT2D eigenvalue weighted by Gasteiger charge is 2.29. The summed E-state index contributed by atoms with van der Waals surface area (Å²) in [4.78, 5) is 12.3. The van der Waals surface area contributed by atoms with Crippen LogP contribution >= 0.6 is 27.5 Å². The van der Waals surface area contributed by atoms with Gasteiger partial charge in [-0.2, -0.15) is 9.97 Å². The predicted octanol–water partition coefficient (Wildman–Crippen LogP) is 1.49. The number of fused-ring (bicyclic) bond motifs is 1. The van der Waals surface area contributed by atoms with Crippen molar-refractivity contribution in [1.29, 1.82) is 0 Å². The van der Waals surface area contributed by atoms with Gasteiger partial charge in [-0.3, -0.25) is 4.57 Å². The van der Waals surface area contributed by atoms with Crippen LogP contribution in [-0.4, -0.2) is 37.3 Å². The van der Waals surface area contributed by atoms with Crippen LogP contribution in [0.2, 0.25) is 5.28 Å². The Morgan fingerprint density at radius 2 is 2.21 bits per heavy atom. The maximum absolute atomic E-state index is 9.12.